The fourth-order valence-corrected chi connectivity index (χ4v) is 3.48. The van der Waals surface area contributed by atoms with Crippen LogP contribution in [0.1, 0.15) is 27.4 Å². The Morgan fingerprint density at radius 1 is 1.22 bits per heavy atom. The molecule has 6 heteroatoms. The van der Waals surface area contributed by atoms with Crippen LogP contribution >= 0.6 is 22.9 Å². The Hall–Kier alpha value is -2.37. The highest BCUT2D eigenvalue weighted by atomic mass is 35.5. The molecule has 0 spiro atoms. The van der Waals surface area contributed by atoms with Gasteiger partial charge in [-0.1, -0.05) is 29.8 Å². The summed E-state index contributed by atoms with van der Waals surface area (Å²) in [5.74, 6) is 0.744. The number of carbonyl (C=O) groups is 1. The number of amides is 1. The molecular weight excluding hydrogens is 380 g/mol. The van der Waals surface area contributed by atoms with Gasteiger partial charge >= 0.3 is 0 Å². The minimum atomic E-state index is -0.118. The number of thiazole rings is 1. The number of hydrogen-bond donors (Lipinski definition) is 1. The van der Waals surface area contributed by atoms with Gasteiger partial charge in [-0.2, -0.15) is 0 Å². The number of nitrogens with one attached hydrogen (secondary N) is 1. The van der Waals surface area contributed by atoms with E-state index < -0.39 is 0 Å². The van der Waals surface area contributed by atoms with Gasteiger partial charge in [-0.05, 0) is 55.7 Å². The van der Waals surface area contributed by atoms with Gasteiger partial charge in [-0.3, -0.25) is 4.79 Å². The molecule has 0 fully saturated rings. The number of aromatic nitrogens is 1. The Kier molecular flexibility index (Phi) is 6.14. The lowest BCUT2D eigenvalue weighted by atomic mass is 10.1. The molecule has 1 heterocycles. The summed E-state index contributed by atoms with van der Waals surface area (Å²) in [5.41, 5.74) is 4.56. The van der Waals surface area contributed by atoms with E-state index in [1.807, 2.05) is 50.4 Å². The van der Waals surface area contributed by atoms with Crippen molar-refractivity contribution in [3.63, 3.8) is 0 Å². The Bertz CT molecular complexity index is 969. The summed E-state index contributed by atoms with van der Waals surface area (Å²) < 4.78 is 5.88. The molecular formula is C21H21ClN2O2S. The van der Waals surface area contributed by atoms with Crippen LogP contribution in [0.3, 0.4) is 0 Å². The molecule has 3 rings (SSSR count). The van der Waals surface area contributed by atoms with Gasteiger partial charge in [0.15, 0.2) is 0 Å². The fraction of sp³-hybridized carbons (Fsp3) is 0.238. The molecule has 0 aliphatic rings. The number of aryl methyl sites for hydroxylation is 2. The van der Waals surface area contributed by atoms with Gasteiger partial charge in [0.05, 0.1) is 12.1 Å². The van der Waals surface area contributed by atoms with E-state index in [0.29, 0.717) is 11.6 Å². The second-order valence-electron chi connectivity index (χ2n) is 6.43. The van der Waals surface area contributed by atoms with E-state index in [1.165, 1.54) is 11.3 Å². The van der Waals surface area contributed by atoms with Crippen LogP contribution in [0.15, 0.2) is 41.8 Å². The summed E-state index contributed by atoms with van der Waals surface area (Å²) in [6.07, 6.45) is 0.214. The molecule has 0 saturated carbocycles. The van der Waals surface area contributed by atoms with Crippen molar-refractivity contribution in [2.45, 2.75) is 33.8 Å². The van der Waals surface area contributed by atoms with Gasteiger partial charge in [-0.25, -0.2) is 4.98 Å². The van der Waals surface area contributed by atoms with Crippen molar-refractivity contribution in [3.8, 4) is 5.75 Å². The van der Waals surface area contributed by atoms with Crippen molar-refractivity contribution in [1.82, 2.24) is 4.98 Å². The zero-order chi connectivity index (χ0) is 19.4. The average molecular weight is 401 g/mol. The van der Waals surface area contributed by atoms with Crippen molar-refractivity contribution in [3.05, 3.63) is 74.2 Å². The molecule has 2 aromatic carbocycles. The summed E-state index contributed by atoms with van der Waals surface area (Å²) in [6.45, 7) is 6.33. The summed E-state index contributed by atoms with van der Waals surface area (Å²) in [7, 11) is 0. The standard InChI is InChI=1S/C21H21ClN2O2S/c1-13-7-8-14(2)19(9-13)26-11-21-23-16(12-27-21)10-20(25)24-18-6-4-5-17(22)15(18)3/h4-9,12H,10-11H2,1-3H3,(H,24,25). The predicted octanol–water partition coefficient (Wildman–Crippen LogP) is 5.48. The van der Waals surface area contributed by atoms with Crippen LogP contribution in [-0.2, 0) is 17.8 Å². The third kappa shape index (κ3) is 5.08. The molecule has 0 aliphatic carbocycles. The highest BCUT2D eigenvalue weighted by Gasteiger charge is 2.11. The molecule has 0 bridgehead atoms. The normalized spacial score (nSPS) is 10.7. The Balaban J connectivity index is 1.58. The number of halogens is 1. The van der Waals surface area contributed by atoms with E-state index in [-0.39, 0.29) is 12.3 Å². The minimum absolute atomic E-state index is 0.118. The molecule has 1 aromatic heterocycles. The van der Waals surface area contributed by atoms with Crippen LogP contribution < -0.4 is 10.1 Å². The average Bonchev–Trinajstić information content (AvgIpc) is 3.07. The number of rotatable bonds is 6. The summed E-state index contributed by atoms with van der Waals surface area (Å²) >= 11 is 7.59. The number of benzene rings is 2. The molecule has 0 aliphatic heterocycles. The third-order valence-electron chi connectivity index (χ3n) is 4.18. The van der Waals surface area contributed by atoms with E-state index in [2.05, 4.69) is 16.4 Å². The smallest absolute Gasteiger partial charge is 0.230 e. The van der Waals surface area contributed by atoms with Crippen molar-refractivity contribution < 1.29 is 9.53 Å². The minimum Gasteiger partial charge on any atom is -0.486 e. The number of nitrogens with zero attached hydrogens (tertiary/aromatic N) is 1. The quantitative estimate of drug-likeness (QED) is 0.595. The zero-order valence-corrected chi connectivity index (χ0v) is 17.1. The SMILES string of the molecule is Cc1ccc(C)c(OCc2nc(CC(=O)Nc3cccc(Cl)c3C)cs2)c1. The first kappa shape index (κ1) is 19.4. The topological polar surface area (TPSA) is 51.2 Å². The highest BCUT2D eigenvalue weighted by Crippen LogP contribution is 2.24. The fourth-order valence-electron chi connectivity index (χ4n) is 2.60. The Labute approximate surface area is 168 Å². The Morgan fingerprint density at radius 2 is 2.04 bits per heavy atom. The predicted molar refractivity (Wildman–Crippen MR) is 111 cm³/mol. The maximum atomic E-state index is 12.3. The molecule has 0 atom stereocenters. The highest BCUT2D eigenvalue weighted by molar-refractivity contribution is 7.09. The molecule has 3 aromatic rings. The van der Waals surface area contributed by atoms with E-state index in [0.717, 1.165) is 38.8 Å². The lowest BCUT2D eigenvalue weighted by Gasteiger charge is -2.09. The number of carbonyl (C=O) groups excluding carboxylic acids is 1. The van der Waals surface area contributed by atoms with Gasteiger partial charge in [0.25, 0.3) is 0 Å². The first-order valence-electron chi connectivity index (χ1n) is 8.60. The zero-order valence-electron chi connectivity index (χ0n) is 15.5. The van der Waals surface area contributed by atoms with Crippen molar-refractivity contribution in [2.24, 2.45) is 0 Å². The monoisotopic (exact) mass is 400 g/mol. The molecule has 0 saturated heterocycles. The first-order chi connectivity index (χ1) is 12.9. The lowest BCUT2D eigenvalue weighted by Crippen LogP contribution is -2.15. The first-order valence-corrected chi connectivity index (χ1v) is 9.86. The molecule has 140 valence electrons. The number of ether oxygens (including phenoxy) is 1. The molecule has 1 amide bonds. The van der Waals surface area contributed by atoms with Crippen molar-refractivity contribution in [1.29, 1.82) is 0 Å². The molecule has 0 unspecified atom stereocenters. The number of anilines is 1. The second kappa shape index (κ2) is 8.55. The maximum Gasteiger partial charge on any atom is 0.230 e. The van der Waals surface area contributed by atoms with Crippen molar-refractivity contribution in [2.75, 3.05) is 5.32 Å². The van der Waals surface area contributed by atoms with Crippen LogP contribution in [0.2, 0.25) is 5.02 Å². The Morgan fingerprint density at radius 3 is 2.85 bits per heavy atom. The summed E-state index contributed by atoms with van der Waals surface area (Å²) in [6, 6.07) is 11.6. The molecule has 0 radical (unpaired) electrons. The van der Waals surface area contributed by atoms with E-state index in [9.17, 15) is 4.79 Å². The van der Waals surface area contributed by atoms with Crippen LogP contribution in [0.25, 0.3) is 0 Å². The van der Waals surface area contributed by atoms with E-state index in [1.54, 1.807) is 6.07 Å². The summed E-state index contributed by atoms with van der Waals surface area (Å²) in [5, 5.41) is 6.26. The van der Waals surface area contributed by atoms with Crippen LogP contribution in [0.4, 0.5) is 5.69 Å². The van der Waals surface area contributed by atoms with Gasteiger partial charge in [0.2, 0.25) is 5.91 Å². The number of hydrogen-bond acceptors (Lipinski definition) is 4. The second-order valence-corrected chi connectivity index (χ2v) is 7.78. The molecule has 1 N–H and O–H groups in total. The maximum absolute atomic E-state index is 12.3. The van der Waals surface area contributed by atoms with Crippen molar-refractivity contribution >= 4 is 34.5 Å². The third-order valence-corrected chi connectivity index (χ3v) is 5.46. The molecule has 27 heavy (non-hydrogen) atoms. The van der Waals surface area contributed by atoms with Gasteiger partial charge in [0, 0.05) is 16.1 Å². The molecule has 4 nitrogen and oxygen atoms in total. The van der Waals surface area contributed by atoms with Gasteiger partial charge in [0.1, 0.15) is 17.4 Å². The van der Waals surface area contributed by atoms with Gasteiger partial charge in [-0.15, -0.1) is 11.3 Å². The van der Waals surface area contributed by atoms with Crippen LogP contribution in [-0.4, -0.2) is 10.9 Å². The van der Waals surface area contributed by atoms with E-state index in [4.69, 9.17) is 16.3 Å². The van der Waals surface area contributed by atoms with Gasteiger partial charge < -0.3 is 10.1 Å². The van der Waals surface area contributed by atoms with E-state index >= 15 is 0 Å². The van der Waals surface area contributed by atoms with Crippen LogP contribution in [0, 0.1) is 20.8 Å². The van der Waals surface area contributed by atoms with Crippen LogP contribution in [0.5, 0.6) is 5.75 Å². The summed E-state index contributed by atoms with van der Waals surface area (Å²) in [4.78, 5) is 16.8. The lowest BCUT2D eigenvalue weighted by molar-refractivity contribution is -0.115. The largest absolute Gasteiger partial charge is 0.486 e.